The van der Waals surface area contributed by atoms with Crippen LogP contribution in [0.4, 0.5) is 4.39 Å². The van der Waals surface area contributed by atoms with Crippen molar-refractivity contribution in [1.82, 2.24) is 4.98 Å². The second-order valence-electron chi connectivity index (χ2n) is 3.88. The number of benzene rings is 1. The Morgan fingerprint density at radius 3 is 2.89 bits per heavy atom. The first-order chi connectivity index (χ1) is 8.67. The number of nitrogens with zero attached hydrogens (tertiary/aromatic N) is 1. The summed E-state index contributed by atoms with van der Waals surface area (Å²) in [5, 5.41) is 0.644. The highest BCUT2D eigenvalue weighted by atomic mass is 32.1. The van der Waals surface area contributed by atoms with Gasteiger partial charge >= 0.3 is 0 Å². The quantitative estimate of drug-likeness (QED) is 0.925. The maximum Gasteiger partial charge on any atom is 0.137 e. The Hall–Kier alpha value is -1.46. The van der Waals surface area contributed by atoms with E-state index in [2.05, 4.69) is 4.98 Å². The molecule has 18 heavy (non-hydrogen) atoms. The molecule has 0 fully saturated rings. The van der Waals surface area contributed by atoms with E-state index in [0.29, 0.717) is 22.9 Å². The lowest BCUT2D eigenvalue weighted by Gasteiger charge is -2.06. The molecule has 2 aromatic rings. The van der Waals surface area contributed by atoms with Gasteiger partial charge in [-0.25, -0.2) is 9.37 Å². The average Bonchev–Trinajstić information content (AvgIpc) is 2.70. The number of rotatable bonds is 4. The van der Waals surface area contributed by atoms with Crippen LogP contribution in [0.25, 0.3) is 10.6 Å². The molecule has 96 valence electrons. The molecule has 0 unspecified atom stereocenters. The molecule has 3 nitrogen and oxygen atoms in total. The largest absolute Gasteiger partial charge is 0.496 e. The molecular formula is C13H15FN2OS. The first-order valence-electron chi connectivity index (χ1n) is 5.66. The van der Waals surface area contributed by atoms with Crippen molar-refractivity contribution in [2.75, 3.05) is 13.7 Å². The van der Waals surface area contributed by atoms with Gasteiger partial charge < -0.3 is 10.5 Å². The third-order valence-electron chi connectivity index (χ3n) is 2.67. The van der Waals surface area contributed by atoms with E-state index >= 15 is 0 Å². The number of hydrogen-bond acceptors (Lipinski definition) is 4. The maximum absolute atomic E-state index is 13.9. The Morgan fingerprint density at radius 1 is 1.44 bits per heavy atom. The zero-order chi connectivity index (χ0) is 13.1. The smallest absolute Gasteiger partial charge is 0.137 e. The van der Waals surface area contributed by atoms with Crippen molar-refractivity contribution < 1.29 is 9.13 Å². The van der Waals surface area contributed by atoms with Gasteiger partial charge in [0.2, 0.25) is 0 Å². The Morgan fingerprint density at radius 2 is 2.22 bits per heavy atom. The van der Waals surface area contributed by atoms with Gasteiger partial charge in [0.25, 0.3) is 0 Å². The van der Waals surface area contributed by atoms with Gasteiger partial charge in [0.05, 0.1) is 18.4 Å². The molecule has 0 spiro atoms. The molecule has 0 amide bonds. The molecule has 1 heterocycles. The summed E-state index contributed by atoms with van der Waals surface area (Å²) >= 11 is 1.47. The van der Waals surface area contributed by atoms with Crippen molar-refractivity contribution >= 4 is 11.3 Å². The van der Waals surface area contributed by atoms with Crippen molar-refractivity contribution in [3.05, 3.63) is 34.6 Å². The van der Waals surface area contributed by atoms with Crippen molar-refractivity contribution in [1.29, 1.82) is 0 Å². The molecular weight excluding hydrogens is 251 g/mol. The Labute approximate surface area is 109 Å². The van der Waals surface area contributed by atoms with Gasteiger partial charge in [-0.15, -0.1) is 11.3 Å². The number of methoxy groups -OCH3 is 1. The van der Waals surface area contributed by atoms with E-state index in [1.807, 2.05) is 6.92 Å². The first kappa shape index (κ1) is 13.0. The van der Waals surface area contributed by atoms with E-state index in [0.717, 1.165) is 17.0 Å². The van der Waals surface area contributed by atoms with E-state index < -0.39 is 0 Å². The van der Waals surface area contributed by atoms with Gasteiger partial charge in [0.1, 0.15) is 16.6 Å². The predicted molar refractivity (Wildman–Crippen MR) is 71.6 cm³/mol. The minimum absolute atomic E-state index is 0.317. The molecule has 0 aliphatic carbocycles. The molecule has 0 saturated carbocycles. The van der Waals surface area contributed by atoms with Crippen molar-refractivity contribution in [3.63, 3.8) is 0 Å². The van der Waals surface area contributed by atoms with Gasteiger partial charge in [-0.05, 0) is 32.0 Å². The summed E-state index contributed by atoms with van der Waals surface area (Å²) in [5.41, 5.74) is 6.88. The van der Waals surface area contributed by atoms with E-state index in [1.165, 1.54) is 24.5 Å². The number of halogens is 1. The fourth-order valence-electron chi connectivity index (χ4n) is 1.78. The molecule has 0 bridgehead atoms. The van der Waals surface area contributed by atoms with Crippen LogP contribution in [0.15, 0.2) is 18.2 Å². The van der Waals surface area contributed by atoms with E-state index in [1.54, 1.807) is 12.1 Å². The van der Waals surface area contributed by atoms with Crippen LogP contribution in [-0.4, -0.2) is 18.6 Å². The lowest BCUT2D eigenvalue weighted by molar-refractivity contribution is 0.413. The van der Waals surface area contributed by atoms with Crippen molar-refractivity contribution in [2.24, 2.45) is 5.73 Å². The van der Waals surface area contributed by atoms with Crippen LogP contribution < -0.4 is 10.5 Å². The zero-order valence-electron chi connectivity index (χ0n) is 10.4. The zero-order valence-corrected chi connectivity index (χ0v) is 11.2. The predicted octanol–water partition coefficient (Wildman–Crippen LogP) is 2.77. The second-order valence-corrected chi connectivity index (χ2v) is 4.97. The Balaban J connectivity index is 2.51. The molecule has 2 rings (SSSR count). The van der Waals surface area contributed by atoms with Crippen LogP contribution in [0.3, 0.4) is 0 Å². The lowest BCUT2D eigenvalue weighted by atomic mass is 10.2. The lowest BCUT2D eigenvalue weighted by Crippen LogP contribution is -2.01. The molecule has 1 aromatic carbocycles. The summed E-state index contributed by atoms with van der Waals surface area (Å²) < 4.78 is 19.1. The number of hydrogen-bond donors (Lipinski definition) is 1. The SMILES string of the molecule is COc1cccc(F)c1-c1nc(C)c(CCN)s1. The highest BCUT2D eigenvalue weighted by molar-refractivity contribution is 7.15. The summed E-state index contributed by atoms with van der Waals surface area (Å²) in [5.74, 6) is 0.186. The normalized spacial score (nSPS) is 10.7. The topological polar surface area (TPSA) is 48.1 Å². The molecule has 2 N–H and O–H groups in total. The van der Waals surface area contributed by atoms with Gasteiger partial charge in [-0.2, -0.15) is 0 Å². The fraction of sp³-hybridized carbons (Fsp3) is 0.308. The van der Waals surface area contributed by atoms with Gasteiger partial charge in [0, 0.05) is 4.88 Å². The van der Waals surface area contributed by atoms with E-state index in [9.17, 15) is 4.39 Å². The Kier molecular flexibility index (Phi) is 3.93. The molecule has 0 radical (unpaired) electrons. The van der Waals surface area contributed by atoms with Crippen molar-refractivity contribution in [3.8, 4) is 16.3 Å². The minimum atomic E-state index is -0.317. The van der Waals surface area contributed by atoms with Crippen LogP contribution >= 0.6 is 11.3 Å². The standard InChI is InChI=1S/C13H15FN2OS/c1-8-11(6-7-15)18-13(16-8)12-9(14)4-3-5-10(12)17-2/h3-5H,6-7,15H2,1-2H3. The first-order valence-corrected chi connectivity index (χ1v) is 6.48. The molecule has 1 aromatic heterocycles. The summed E-state index contributed by atoms with van der Waals surface area (Å²) in [6, 6.07) is 4.77. The highest BCUT2D eigenvalue weighted by Gasteiger charge is 2.16. The van der Waals surface area contributed by atoms with Gasteiger partial charge in [-0.3, -0.25) is 0 Å². The molecule has 0 saturated heterocycles. The number of thiazole rings is 1. The molecule has 0 atom stereocenters. The number of aromatic nitrogens is 1. The van der Waals surface area contributed by atoms with Crippen LogP contribution in [-0.2, 0) is 6.42 Å². The van der Waals surface area contributed by atoms with E-state index in [-0.39, 0.29) is 5.82 Å². The average molecular weight is 266 g/mol. The third-order valence-corrected chi connectivity index (χ3v) is 3.91. The van der Waals surface area contributed by atoms with Crippen LogP contribution in [0, 0.1) is 12.7 Å². The maximum atomic E-state index is 13.9. The molecule has 0 aliphatic heterocycles. The summed E-state index contributed by atoms with van der Waals surface area (Å²) in [6.07, 6.45) is 0.764. The fourth-order valence-corrected chi connectivity index (χ4v) is 2.91. The van der Waals surface area contributed by atoms with Gasteiger partial charge in [-0.1, -0.05) is 6.07 Å². The minimum Gasteiger partial charge on any atom is -0.496 e. The highest BCUT2D eigenvalue weighted by Crippen LogP contribution is 2.36. The monoisotopic (exact) mass is 266 g/mol. The van der Waals surface area contributed by atoms with Gasteiger partial charge in [0.15, 0.2) is 0 Å². The number of ether oxygens (including phenoxy) is 1. The Bertz CT molecular complexity index is 554. The number of aryl methyl sites for hydroxylation is 1. The third kappa shape index (κ3) is 2.37. The molecule has 5 heteroatoms. The van der Waals surface area contributed by atoms with Crippen LogP contribution in [0.1, 0.15) is 10.6 Å². The summed E-state index contributed by atoms with van der Waals surface area (Å²) in [6.45, 7) is 2.48. The summed E-state index contributed by atoms with van der Waals surface area (Å²) in [7, 11) is 1.53. The van der Waals surface area contributed by atoms with Crippen LogP contribution in [0.5, 0.6) is 5.75 Å². The summed E-state index contributed by atoms with van der Waals surface area (Å²) in [4.78, 5) is 5.51. The molecule has 0 aliphatic rings. The van der Waals surface area contributed by atoms with E-state index in [4.69, 9.17) is 10.5 Å². The van der Waals surface area contributed by atoms with Crippen molar-refractivity contribution in [2.45, 2.75) is 13.3 Å². The van der Waals surface area contributed by atoms with Crippen LogP contribution in [0.2, 0.25) is 0 Å². The second kappa shape index (κ2) is 5.46. The number of nitrogens with two attached hydrogens (primary N) is 1.